The second kappa shape index (κ2) is 9.87. The third kappa shape index (κ3) is 7.02. The van der Waals surface area contributed by atoms with E-state index in [1.54, 1.807) is 0 Å². The van der Waals surface area contributed by atoms with Gasteiger partial charge in [-0.25, -0.2) is 0 Å². The van der Waals surface area contributed by atoms with E-state index >= 15 is 0 Å². The summed E-state index contributed by atoms with van der Waals surface area (Å²) in [6.07, 6.45) is 0.105. The Bertz CT molecular complexity index is 362. The second-order valence-electron chi connectivity index (χ2n) is 5.50. The van der Waals surface area contributed by atoms with Crippen LogP contribution in [-0.4, -0.2) is 69.9 Å². The van der Waals surface area contributed by atoms with Crippen molar-refractivity contribution in [1.82, 2.24) is 4.90 Å². The molecule has 3 unspecified atom stereocenters. The van der Waals surface area contributed by atoms with Gasteiger partial charge in [-0.1, -0.05) is 30.3 Å². The maximum atomic E-state index is 9.61. The van der Waals surface area contributed by atoms with Gasteiger partial charge in [0.05, 0.1) is 25.4 Å². The van der Waals surface area contributed by atoms with Crippen molar-refractivity contribution < 1.29 is 20.4 Å². The molecule has 0 aliphatic rings. The first-order chi connectivity index (χ1) is 10.1. The Morgan fingerprint density at radius 3 is 1.95 bits per heavy atom. The van der Waals surface area contributed by atoms with Gasteiger partial charge in [-0.05, 0) is 25.3 Å². The van der Waals surface area contributed by atoms with Crippen molar-refractivity contribution >= 4 is 0 Å². The lowest BCUT2D eigenvalue weighted by Gasteiger charge is -2.32. The predicted molar refractivity (Wildman–Crippen MR) is 82.0 cm³/mol. The zero-order valence-electron chi connectivity index (χ0n) is 12.6. The zero-order chi connectivity index (χ0) is 15.7. The van der Waals surface area contributed by atoms with E-state index in [-0.39, 0.29) is 32.3 Å². The van der Waals surface area contributed by atoms with Crippen molar-refractivity contribution in [2.24, 2.45) is 0 Å². The van der Waals surface area contributed by atoms with E-state index in [4.69, 9.17) is 10.2 Å². The van der Waals surface area contributed by atoms with Crippen molar-refractivity contribution in [2.75, 3.05) is 26.3 Å². The van der Waals surface area contributed by atoms with Gasteiger partial charge in [0.25, 0.3) is 0 Å². The van der Waals surface area contributed by atoms with Gasteiger partial charge in [0.1, 0.15) is 0 Å². The molecule has 1 aromatic carbocycles. The Morgan fingerprint density at radius 2 is 1.48 bits per heavy atom. The van der Waals surface area contributed by atoms with E-state index in [1.807, 2.05) is 30.0 Å². The largest absolute Gasteiger partial charge is 0.394 e. The molecule has 0 spiro atoms. The molecule has 0 bridgehead atoms. The molecule has 1 rings (SSSR count). The van der Waals surface area contributed by atoms with Crippen molar-refractivity contribution in [1.29, 1.82) is 0 Å². The van der Waals surface area contributed by atoms with Gasteiger partial charge in [0.15, 0.2) is 0 Å². The van der Waals surface area contributed by atoms with Gasteiger partial charge in [0, 0.05) is 19.1 Å². The van der Waals surface area contributed by atoms with Crippen LogP contribution in [0.3, 0.4) is 0 Å². The molecule has 3 atom stereocenters. The Kier molecular flexibility index (Phi) is 8.49. The minimum atomic E-state index is -0.838. The fourth-order valence-corrected chi connectivity index (χ4v) is 2.29. The van der Waals surface area contributed by atoms with Crippen LogP contribution in [0.4, 0.5) is 0 Å². The maximum Gasteiger partial charge on any atom is 0.0897 e. The second-order valence-corrected chi connectivity index (χ2v) is 5.50. The monoisotopic (exact) mass is 297 g/mol. The Balaban J connectivity index is 2.54. The van der Waals surface area contributed by atoms with Crippen molar-refractivity contribution in [2.45, 2.75) is 38.0 Å². The summed E-state index contributed by atoms with van der Waals surface area (Å²) < 4.78 is 0. The van der Waals surface area contributed by atoms with E-state index in [2.05, 4.69) is 12.1 Å². The summed E-state index contributed by atoms with van der Waals surface area (Å²) in [5, 5.41) is 37.2. The summed E-state index contributed by atoms with van der Waals surface area (Å²) in [5.41, 5.74) is 1.25. The third-order valence-electron chi connectivity index (χ3n) is 3.63. The smallest absolute Gasteiger partial charge is 0.0897 e. The highest BCUT2D eigenvalue weighted by Gasteiger charge is 2.20. The topological polar surface area (TPSA) is 84.2 Å². The summed E-state index contributed by atoms with van der Waals surface area (Å²) in [5.74, 6) is 0. The molecular weight excluding hydrogens is 270 g/mol. The molecular formula is C16H27NO4. The first-order valence-electron chi connectivity index (χ1n) is 7.42. The molecule has 0 fully saturated rings. The fourth-order valence-electron chi connectivity index (χ4n) is 2.29. The summed E-state index contributed by atoms with van der Waals surface area (Å²) in [6.45, 7) is 1.97. The van der Waals surface area contributed by atoms with Crippen LogP contribution in [0.15, 0.2) is 30.3 Å². The first-order valence-corrected chi connectivity index (χ1v) is 7.42. The molecule has 0 heterocycles. The van der Waals surface area contributed by atoms with Crippen LogP contribution in [0.2, 0.25) is 0 Å². The molecule has 5 nitrogen and oxygen atoms in total. The van der Waals surface area contributed by atoms with Crippen LogP contribution >= 0.6 is 0 Å². The minimum absolute atomic E-state index is 0.132. The van der Waals surface area contributed by atoms with Crippen molar-refractivity contribution in [3.63, 3.8) is 0 Å². The SMILES string of the molecule is CC(CCc1ccccc1)N(CC(O)CO)CC(O)CO. The summed E-state index contributed by atoms with van der Waals surface area (Å²) in [6, 6.07) is 10.3. The van der Waals surface area contributed by atoms with Gasteiger partial charge in [-0.3, -0.25) is 4.90 Å². The number of hydrogen-bond acceptors (Lipinski definition) is 5. The van der Waals surface area contributed by atoms with Gasteiger partial charge >= 0.3 is 0 Å². The number of rotatable bonds is 10. The van der Waals surface area contributed by atoms with Crippen LogP contribution in [0.5, 0.6) is 0 Å². The minimum Gasteiger partial charge on any atom is -0.394 e. The fraction of sp³-hybridized carbons (Fsp3) is 0.625. The van der Waals surface area contributed by atoms with E-state index in [0.29, 0.717) is 0 Å². The van der Waals surface area contributed by atoms with E-state index < -0.39 is 12.2 Å². The summed E-state index contributed by atoms with van der Waals surface area (Å²) >= 11 is 0. The molecule has 5 heteroatoms. The Labute approximate surface area is 126 Å². The number of aliphatic hydroxyl groups is 4. The number of nitrogens with zero attached hydrogens (tertiary/aromatic N) is 1. The molecule has 0 aliphatic carbocycles. The maximum absolute atomic E-state index is 9.61. The van der Waals surface area contributed by atoms with E-state index in [0.717, 1.165) is 12.8 Å². The molecule has 0 saturated carbocycles. The molecule has 0 aliphatic heterocycles. The van der Waals surface area contributed by atoms with Gasteiger partial charge in [0.2, 0.25) is 0 Å². The lowest BCUT2D eigenvalue weighted by molar-refractivity contribution is 0.00838. The molecule has 0 aromatic heterocycles. The molecule has 0 radical (unpaired) electrons. The normalized spacial score (nSPS) is 15.9. The highest BCUT2D eigenvalue weighted by Crippen LogP contribution is 2.11. The van der Waals surface area contributed by atoms with Crippen LogP contribution in [0.1, 0.15) is 18.9 Å². The first kappa shape index (κ1) is 18.1. The zero-order valence-corrected chi connectivity index (χ0v) is 12.6. The Morgan fingerprint density at radius 1 is 0.952 bits per heavy atom. The quantitative estimate of drug-likeness (QED) is 0.489. The standard InChI is InChI=1S/C16H27NO4/c1-13(7-8-14-5-3-2-4-6-14)17(9-15(20)11-18)10-16(21)12-19/h2-6,13,15-16,18-21H,7-12H2,1H3. The predicted octanol–water partition coefficient (Wildman–Crippen LogP) is 0.0161. The highest BCUT2D eigenvalue weighted by atomic mass is 16.3. The lowest BCUT2D eigenvalue weighted by atomic mass is 10.0. The number of aryl methyl sites for hydroxylation is 1. The number of benzene rings is 1. The van der Waals surface area contributed by atoms with Crippen LogP contribution < -0.4 is 0 Å². The van der Waals surface area contributed by atoms with Gasteiger partial charge < -0.3 is 20.4 Å². The molecule has 1 aromatic rings. The number of aliphatic hydroxyl groups excluding tert-OH is 4. The molecule has 21 heavy (non-hydrogen) atoms. The summed E-state index contributed by atoms with van der Waals surface area (Å²) in [7, 11) is 0. The Hall–Kier alpha value is -0.980. The van der Waals surface area contributed by atoms with Crippen molar-refractivity contribution in [3.05, 3.63) is 35.9 Å². The van der Waals surface area contributed by atoms with E-state index in [1.165, 1.54) is 5.56 Å². The average Bonchev–Trinajstić information content (AvgIpc) is 2.52. The van der Waals surface area contributed by atoms with Crippen LogP contribution in [-0.2, 0) is 6.42 Å². The van der Waals surface area contributed by atoms with Crippen LogP contribution in [0.25, 0.3) is 0 Å². The highest BCUT2D eigenvalue weighted by molar-refractivity contribution is 5.14. The third-order valence-corrected chi connectivity index (χ3v) is 3.63. The van der Waals surface area contributed by atoms with E-state index in [9.17, 15) is 10.2 Å². The lowest BCUT2D eigenvalue weighted by Crippen LogP contribution is -2.45. The van der Waals surface area contributed by atoms with Crippen LogP contribution in [0, 0.1) is 0 Å². The molecule has 0 saturated heterocycles. The van der Waals surface area contributed by atoms with Crippen molar-refractivity contribution in [3.8, 4) is 0 Å². The van der Waals surface area contributed by atoms with Gasteiger partial charge in [-0.15, -0.1) is 0 Å². The molecule has 4 N–H and O–H groups in total. The van der Waals surface area contributed by atoms with Gasteiger partial charge in [-0.2, -0.15) is 0 Å². The summed E-state index contributed by atoms with van der Waals surface area (Å²) in [4.78, 5) is 1.91. The molecule has 0 amide bonds. The molecule has 120 valence electrons. The average molecular weight is 297 g/mol. The number of hydrogen-bond donors (Lipinski definition) is 4.